The molecule has 3 nitrogen and oxygen atoms in total. The zero-order chi connectivity index (χ0) is 16.6. The second-order valence-corrected chi connectivity index (χ2v) is 7.84. The number of halogens is 3. The van der Waals surface area contributed by atoms with Gasteiger partial charge in [0.05, 0.1) is 0 Å². The Bertz CT molecular complexity index is 838. The quantitative estimate of drug-likeness (QED) is 0.839. The highest BCUT2D eigenvalue weighted by molar-refractivity contribution is 7.89. The Morgan fingerprint density at radius 3 is 2.35 bits per heavy atom. The lowest BCUT2D eigenvalue weighted by Gasteiger charge is -2.25. The van der Waals surface area contributed by atoms with Gasteiger partial charge in [0.25, 0.3) is 0 Å². The van der Waals surface area contributed by atoms with Crippen molar-refractivity contribution in [2.75, 3.05) is 13.1 Å². The molecule has 0 radical (unpaired) electrons. The molecule has 0 spiro atoms. The molecule has 3 rings (SSSR count). The molecule has 0 atom stereocenters. The molecule has 0 unspecified atom stereocenters. The number of sulfonamides is 1. The van der Waals surface area contributed by atoms with Crippen LogP contribution in [0.4, 0.5) is 13.2 Å². The second-order valence-electron chi connectivity index (χ2n) is 5.02. The Morgan fingerprint density at radius 1 is 1.13 bits per heavy atom. The van der Waals surface area contributed by atoms with Crippen LogP contribution in [0.5, 0.6) is 0 Å². The summed E-state index contributed by atoms with van der Waals surface area (Å²) >= 11 is 1.54. The van der Waals surface area contributed by atoms with Crippen LogP contribution in [-0.4, -0.2) is 25.8 Å². The van der Waals surface area contributed by atoms with E-state index in [1.54, 1.807) is 17.4 Å². The van der Waals surface area contributed by atoms with E-state index in [9.17, 15) is 21.6 Å². The van der Waals surface area contributed by atoms with Crippen molar-refractivity contribution in [2.24, 2.45) is 0 Å². The third-order valence-electron chi connectivity index (χ3n) is 3.57. The molecule has 0 bridgehead atoms. The molecule has 1 aliphatic heterocycles. The Kier molecular flexibility index (Phi) is 4.31. The van der Waals surface area contributed by atoms with Crippen LogP contribution in [0.3, 0.4) is 0 Å². The van der Waals surface area contributed by atoms with Gasteiger partial charge in [-0.1, -0.05) is 12.1 Å². The first-order valence-corrected chi connectivity index (χ1v) is 9.09. The molecule has 23 heavy (non-hydrogen) atoms. The number of rotatable bonds is 3. The molecule has 0 N–H and O–H groups in total. The van der Waals surface area contributed by atoms with Gasteiger partial charge < -0.3 is 0 Å². The molecule has 0 fully saturated rings. The normalized spacial score (nSPS) is 16.4. The van der Waals surface area contributed by atoms with Crippen molar-refractivity contribution in [1.29, 1.82) is 0 Å². The molecule has 0 amide bonds. The molecule has 122 valence electrons. The lowest BCUT2D eigenvalue weighted by atomic mass is 10.1. The molecule has 2 heterocycles. The van der Waals surface area contributed by atoms with Crippen LogP contribution in [0.1, 0.15) is 11.3 Å². The monoisotopic (exact) mass is 359 g/mol. The van der Waals surface area contributed by atoms with E-state index in [1.807, 2.05) is 17.5 Å². The number of benzene rings is 1. The maximum absolute atomic E-state index is 13.8. The zero-order valence-electron chi connectivity index (χ0n) is 11.8. The minimum absolute atomic E-state index is 0.0197. The lowest BCUT2D eigenvalue weighted by molar-refractivity contribution is 0.425. The summed E-state index contributed by atoms with van der Waals surface area (Å²) in [6, 6.07) is 4.56. The SMILES string of the molecule is O=S(=O)(c1c(F)cc(F)cc1F)N1CC=C(c2cccs2)CC1. The molecule has 8 heteroatoms. The van der Waals surface area contributed by atoms with Crippen molar-refractivity contribution in [3.8, 4) is 0 Å². The van der Waals surface area contributed by atoms with E-state index in [-0.39, 0.29) is 13.1 Å². The maximum atomic E-state index is 13.8. The first-order valence-electron chi connectivity index (χ1n) is 6.77. The summed E-state index contributed by atoms with van der Waals surface area (Å²) in [4.78, 5) is -0.0620. The zero-order valence-corrected chi connectivity index (χ0v) is 13.4. The van der Waals surface area contributed by atoms with Crippen molar-refractivity contribution < 1.29 is 21.6 Å². The molecule has 1 aromatic carbocycles. The van der Waals surface area contributed by atoms with E-state index in [1.165, 1.54) is 0 Å². The van der Waals surface area contributed by atoms with Crippen LogP contribution >= 0.6 is 11.3 Å². The average Bonchev–Trinajstić information content (AvgIpc) is 3.00. The van der Waals surface area contributed by atoms with Crippen molar-refractivity contribution in [1.82, 2.24) is 4.31 Å². The summed E-state index contributed by atoms with van der Waals surface area (Å²) in [7, 11) is -4.36. The number of hydrogen-bond acceptors (Lipinski definition) is 3. The maximum Gasteiger partial charge on any atom is 0.249 e. The third-order valence-corrected chi connectivity index (χ3v) is 6.43. The van der Waals surface area contributed by atoms with E-state index in [0.29, 0.717) is 18.6 Å². The predicted octanol–water partition coefficient (Wildman–Crippen LogP) is 3.64. The molecule has 1 aromatic heterocycles. The Balaban J connectivity index is 1.91. The van der Waals surface area contributed by atoms with Crippen LogP contribution in [0.25, 0.3) is 5.57 Å². The van der Waals surface area contributed by atoms with Gasteiger partial charge in [-0.2, -0.15) is 4.31 Å². The van der Waals surface area contributed by atoms with Gasteiger partial charge in [-0.05, 0) is 23.4 Å². The van der Waals surface area contributed by atoms with Crippen molar-refractivity contribution in [2.45, 2.75) is 11.3 Å². The number of thiophene rings is 1. The van der Waals surface area contributed by atoms with Crippen molar-refractivity contribution in [3.05, 3.63) is 58.1 Å². The summed E-state index contributed by atoms with van der Waals surface area (Å²) < 4.78 is 66.3. The van der Waals surface area contributed by atoms with Gasteiger partial charge in [0.15, 0.2) is 4.90 Å². The molecule has 0 saturated heterocycles. The van der Waals surface area contributed by atoms with E-state index >= 15 is 0 Å². The minimum atomic E-state index is -4.36. The first-order chi connectivity index (χ1) is 10.9. The standard InChI is InChI=1S/C15H12F3NO2S2/c16-11-8-12(17)15(13(18)9-11)23(20,21)19-5-3-10(4-6-19)14-2-1-7-22-14/h1-3,7-9H,4-6H2. The van der Waals surface area contributed by atoms with E-state index < -0.39 is 32.4 Å². The highest BCUT2D eigenvalue weighted by Gasteiger charge is 2.32. The highest BCUT2D eigenvalue weighted by Crippen LogP contribution is 2.30. The topological polar surface area (TPSA) is 37.4 Å². The molecule has 2 aromatic rings. The molecule has 1 aliphatic rings. The van der Waals surface area contributed by atoms with Crippen LogP contribution in [-0.2, 0) is 10.0 Å². The predicted molar refractivity (Wildman–Crippen MR) is 82.0 cm³/mol. The summed E-state index contributed by atoms with van der Waals surface area (Å²) in [5.74, 6) is -4.00. The molecule has 0 saturated carbocycles. The number of nitrogens with zero attached hydrogens (tertiary/aromatic N) is 1. The average molecular weight is 359 g/mol. The summed E-state index contributed by atoms with van der Waals surface area (Å²) in [6.07, 6.45) is 2.18. The Morgan fingerprint density at radius 2 is 1.83 bits per heavy atom. The molecule has 0 aliphatic carbocycles. The van der Waals surface area contributed by atoms with Gasteiger partial charge in [-0.25, -0.2) is 21.6 Å². The summed E-state index contributed by atoms with van der Waals surface area (Å²) in [5, 5.41) is 1.92. The van der Waals surface area contributed by atoms with Gasteiger partial charge in [-0.15, -0.1) is 11.3 Å². The Labute approximate surface area is 135 Å². The van der Waals surface area contributed by atoms with Crippen molar-refractivity contribution >= 4 is 26.9 Å². The molecular formula is C15H12F3NO2S2. The fraction of sp³-hybridized carbons (Fsp3) is 0.200. The van der Waals surface area contributed by atoms with Crippen LogP contribution < -0.4 is 0 Å². The van der Waals surface area contributed by atoms with Crippen molar-refractivity contribution in [3.63, 3.8) is 0 Å². The van der Waals surface area contributed by atoms with Gasteiger partial charge in [0, 0.05) is 30.1 Å². The largest absolute Gasteiger partial charge is 0.249 e. The smallest absolute Gasteiger partial charge is 0.207 e. The second kappa shape index (κ2) is 6.10. The van der Waals surface area contributed by atoms with E-state index in [2.05, 4.69) is 0 Å². The van der Waals surface area contributed by atoms with E-state index in [4.69, 9.17) is 0 Å². The number of hydrogen-bond donors (Lipinski definition) is 0. The van der Waals surface area contributed by atoms with E-state index in [0.717, 1.165) is 14.8 Å². The van der Waals surface area contributed by atoms with Crippen LogP contribution in [0, 0.1) is 17.5 Å². The third kappa shape index (κ3) is 3.06. The highest BCUT2D eigenvalue weighted by atomic mass is 32.2. The summed E-state index contributed by atoms with van der Waals surface area (Å²) in [6.45, 7) is 0.133. The minimum Gasteiger partial charge on any atom is -0.207 e. The molecular weight excluding hydrogens is 347 g/mol. The summed E-state index contributed by atoms with van der Waals surface area (Å²) in [5.41, 5.74) is 1.01. The Hall–Kier alpha value is -1.64. The fourth-order valence-electron chi connectivity index (χ4n) is 2.46. The first kappa shape index (κ1) is 16.2. The lowest BCUT2D eigenvalue weighted by Crippen LogP contribution is -2.35. The van der Waals surface area contributed by atoms with Gasteiger partial charge in [-0.3, -0.25) is 0 Å². The fourth-order valence-corrected chi connectivity index (χ4v) is 4.73. The van der Waals surface area contributed by atoms with Crippen LogP contribution in [0.2, 0.25) is 0 Å². The van der Waals surface area contributed by atoms with Crippen LogP contribution in [0.15, 0.2) is 40.6 Å². The van der Waals surface area contributed by atoms with Gasteiger partial charge in [0.2, 0.25) is 10.0 Å². The van der Waals surface area contributed by atoms with Gasteiger partial charge >= 0.3 is 0 Å². The van der Waals surface area contributed by atoms with Gasteiger partial charge in [0.1, 0.15) is 17.5 Å².